The summed E-state index contributed by atoms with van der Waals surface area (Å²) in [5, 5.41) is 0. The molecule has 0 heterocycles. The molecule has 0 bridgehead atoms. The minimum absolute atomic E-state index is 0. The zero-order chi connectivity index (χ0) is 6.57. The van der Waals surface area contributed by atoms with E-state index in [-0.39, 0.29) is 27.3 Å². The van der Waals surface area contributed by atoms with E-state index in [0.29, 0.717) is 21.6 Å². The van der Waals surface area contributed by atoms with Crippen LogP contribution in [0.3, 0.4) is 0 Å². The van der Waals surface area contributed by atoms with Gasteiger partial charge in [-0.15, -0.1) is 0 Å². The van der Waals surface area contributed by atoms with Gasteiger partial charge in [0.15, 0.2) is 0 Å². The Morgan fingerprint density at radius 1 is 1.00 bits per heavy atom. The number of hydrogen-bond acceptors (Lipinski definition) is 6. The Bertz CT molecular complexity index is 101. The van der Waals surface area contributed by atoms with Crippen LogP contribution in [0.4, 0.5) is 9.59 Å². The molecule has 48 valence electrons. The minimum atomic E-state index is -0.520. The van der Waals surface area contributed by atoms with E-state index in [9.17, 15) is 9.59 Å². The average Bonchev–Trinajstić information content (AvgIpc) is 1.61. The van der Waals surface area contributed by atoms with Gasteiger partial charge < -0.3 is 34.8 Å². The maximum absolute atomic E-state index is 9.91. The van der Waals surface area contributed by atoms with Crippen molar-refractivity contribution in [2.24, 2.45) is 0 Å². The summed E-state index contributed by atoms with van der Waals surface area (Å²) < 4.78 is -1.04. The largest absolute Gasteiger partial charge is 2.00 e. The molecule has 0 saturated carbocycles. The van der Waals surface area contributed by atoms with Crippen molar-refractivity contribution in [3.63, 3.8) is 0 Å². The molecule has 0 unspecified atom stereocenters. The molecule has 9 heavy (non-hydrogen) atoms. The normalized spacial score (nSPS) is 7.56. The number of carbonyl (C=O) groups is 2. The summed E-state index contributed by atoms with van der Waals surface area (Å²) in [5.74, 6) is 0. The smallest absolute Gasteiger partial charge is 0.730 e. The van der Waals surface area contributed by atoms with E-state index >= 15 is 0 Å². The molecule has 0 aromatic carbocycles. The van der Waals surface area contributed by atoms with Crippen molar-refractivity contribution in [1.82, 2.24) is 0 Å². The van der Waals surface area contributed by atoms with Gasteiger partial charge in [-0.05, 0) is 21.6 Å². The summed E-state index contributed by atoms with van der Waals surface area (Å²) in [4.78, 5) is 19.8. The number of hydrogen-bond donors (Lipinski definition) is 0. The molecule has 2 radical (unpaired) electrons. The van der Waals surface area contributed by atoms with E-state index in [1.54, 1.807) is 0 Å². The van der Waals surface area contributed by atoms with E-state index in [4.69, 9.17) is 0 Å². The second-order valence-corrected chi connectivity index (χ2v) is 4.00. The van der Waals surface area contributed by atoms with Crippen molar-refractivity contribution in [2.45, 2.75) is 0 Å². The monoisotopic (exact) mass is 392 g/mol. The molecule has 7 heteroatoms. The Morgan fingerprint density at radius 3 is 1.33 bits per heavy atom. The van der Waals surface area contributed by atoms with E-state index in [0.717, 1.165) is 0 Å². The van der Waals surface area contributed by atoms with Gasteiger partial charge in [0.1, 0.15) is 0 Å². The molecule has 0 aromatic heterocycles. The predicted octanol–water partition coefficient (Wildman–Crippen LogP) is 1.32. The Kier molecular flexibility index (Phi) is 10.9. The predicted molar refractivity (Wildman–Crippen MR) is 46.5 cm³/mol. The molecule has 0 atom stereocenters. The maximum atomic E-state index is 9.91. The minimum Gasteiger partial charge on any atom is -0.730 e. The van der Waals surface area contributed by atoms with Gasteiger partial charge >= 0.3 is 27.3 Å². The van der Waals surface area contributed by atoms with Crippen LogP contribution in [-0.2, 0) is 25.3 Å². The summed E-state index contributed by atoms with van der Waals surface area (Å²) >= 11 is 8.20. The second-order valence-electron chi connectivity index (χ2n) is 0.667. The molecule has 0 aromatic rings. The number of rotatable bonds is 0. The Hall–Kier alpha value is 1.40. The van der Waals surface area contributed by atoms with Crippen molar-refractivity contribution in [1.29, 1.82) is 0 Å². The Labute approximate surface area is 91.7 Å². The van der Waals surface area contributed by atoms with Crippen LogP contribution in [0.1, 0.15) is 0 Å². The molecule has 0 N–H and O–H groups in total. The van der Waals surface area contributed by atoms with E-state index in [1.807, 2.05) is 0 Å². The summed E-state index contributed by atoms with van der Waals surface area (Å²) in [6.45, 7) is 0. The first-order chi connectivity index (χ1) is 3.63. The topological polar surface area (TPSA) is 34.1 Å². The third-order valence-electron chi connectivity index (χ3n) is 0.178. The third-order valence-corrected chi connectivity index (χ3v) is 2.82. The fourth-order valence-electron chi connectivity index (χ4n) is 0.0680. The third kappa shape index (κ3) is 12.6. The fraction of sp³-hybridized carbons (Fsp3) is 0. The molecule has 0 rings (SSSR count). The first-order valence-electron chi connectivity index (χ1n) is 1.39. The standard InChI is InChI=1S/C2H2O2S4.Pb/c3-1(5)7-8-2(4)6;/h(H,3,5)(H,4,6);/q;+2/p-2. The maximum Gasteiger partial charge on any atom is 2.00 e. The zero-order valence-electron chi connectivity index (χ0n) is 3.95. The SMILES string of the molecule is O=C([S-])SSC(=O)[S-].[Pb+2]. The molecule has 0 spiro atoms. The van der Waals surface area contributed by atoms with Crippen molar-refractivity contribution >= 4 is 83.0 Å². The average molecular weight is 391 g/mol. The van der Waals surface area contributed by atoms with Crippen molar-refractivity contribution < 1.29 is 9.59 Å². The molecular weight excluding hydrogens is 391 g/mol. The van der Waals surface area contributed by atoms with Crippen LogP contribution in [0.15, 0.2) is 0 Å². The Balaban J connectivity index is 0. The summed E-state index contributed by atoms with van der Waals surface area (Å²) in [6.07, 6.45) is 0. The fourth-order valence-corrected chi connectivity index (χ4v) is 1.22. The van der Waals surface area contributed by atoms with Crippen LogP contribution in [-0.4, -0.2) is 36.2 Å². The van der Waals surface area contributed by atoms with Crippen LogP contribution in [0, 0.1) is 0 Å². The van der Waals surface area contributed by atoms with Crippen LogP contribution in [0.5, 0.6) is 0 Å². The molecular formula is C2O2PbS4. The summed E-state index contributed by atoms with van der Waals surface area (Å²) in [6, 6.07) is 0. The van der Waals surface area contributed by atoms with Crippen LogP contribution in [0.25, 0.3) is 0 Å². The van der Waals surface area contributed by atoms with Gasteiger partial charge in [-0.3, -0.25) is 0 Å². The number of carbonyl (C=O) groups excluding carboxylic acids is 2. The van der Waals surface area contributed by atoms with E-state index < -0.39 is 8.89 Å². The van der Waals surface area contributed by atoms with Gasteiger partial charge in [0, 0.05) is 0 Å². The molecule has 0 aliphatic heterocycles. The van der Waals surface area contributed by atoms with Gasteiger partial charge in [0.25, 0.3) is 0 Å². The van der Waals surface area contributed by atoms with E-state index in [1.165, 1.54) is 0 Å². The van der Waals surface area contributed by atoms with Crippen molar-refractivity contribution in [3.05, 3.63) is 0 Å². The Morgan fingerprint density at radius 2 is 1.22 bits per heavy atom. The van der Waals surface area contributed by atoms with Crippen LogP contribution >= 0.6 is 21.6 Å². The van der Waals surface area contributed by atoms with Gasteiger partial charge in [0.2, 0.25) is 0 Å². The van der Waals surface area contributed by atoms with Gasteiger partial charge in [0.05, 0.1) is 8.89 Å². The molecule has 0 fully saturated rings. The quantitative estimate of drug-likeness (QED) is 0.352. The van der Waals surface area contributed by atoms with Gasteiger partial charge in [-0.1, -0.05) is 0 Å². The summed E-state index contributed by atoms with van der Waals surface area (Å²) in [7, 11) is 1.36. The first-order valence-corrected chi connectivity index (χ1v) is 4.36. The molecule has 0 aliphatic carbocycles. The molecule has 2 nitrogen and oxygen atoms in total. The molecule has 0 amide bonds. The zero-order valence-corrected chi connectivity index (χ0v) is 11.1. The second kappa shape index (κ2) is 7.51. The van der Waals surface area contributed by atoms with E-state index in [2.05, 4.69) is 25.3 Å². The van der Waals surface area contributed by atoms with Crippen LogP contribution in [0.2, 0.25) is 0 Å². The first kappa shape index (κ1) is 13.0. The molecule has 0 aliphatic rings. The summed E-state index contributed by atoms with van der Waals surface area (Å²) in [5.41, 5.74) is 0. The van der Waals surface area contributed by atoms with Crippen molar-refractivity contribution in [3.8, 4) is 0 Å². The van der Waals surface area contributed by atoms with Gasteiger partial charge in [-0.2, -0.15) is 0 Å². The molecule has 0 saturated heterocycles. The van der Waals surface area contributed by atoms with Gasteiger partial charge in [-0.25, -0.2) is 0 Å². The van der Waals surface area contributed by atoms with Crippen LogP contribution < -0.4 is 0 Å². The van der Waals surface area contributed by atoms with Crippen molar-refractivity contribution in [2.75, 3.05) is 0 Å².